The molecule has 2 aromatic heterocycles. The van der Waals surface area contributed by atoms with Crippen LogP contribution in [0.5, 0.6) is 5.75 Å². The fourth-order valence-electron chi connectivity index (χ4n) is 6.18. The van der Waals surface area contributed by atoms with E-state index in [2.05, 4.69) is 61.0 Å². The quantitative estimate of drug-likeness (QED) is 0.250. The van der Waals surface area contributed by atoms with Crippen LogP contribution in [0.25, 0.3) is 22.6 Å². The summed E-state index contributed by atoms with van der Waals surface area (Å²) in [6, 6.07) is 20.9. The van der Waals surface area contributed by atoms with Gasteiger partial charge >= 0.3 is 0 Å². The van der Waals surface area contributed by atoms with E-state index < -0.39 is 0 Å². The van der Waals surface area contributed by atoms with Crippen LogP contribution in [0.2, 0.25) is 0 Å². The van der Waals surface area contributed by atoms with Crippen molar-refractivity contribution >= 4 is 11.5 Å². The SMILES string of the molecule is Cc1nnc(-c2ccc(N3CCCC(NC4CCCCC4CNc4cc(-c5cccc(O)c5)ccn4)C3)cc2)o1. The van der Waals surface area contributed by atoms with E-state index in [1.54, 1.807) is 12.1 Å². The third-order valence-corrected chi connectivity index (χ3v) is 8.27. The number of hydrogen-bond donors (Lipinski definition) is 3. The van der Waals surface area contributed by atoms with Gasteiger partial charge < -0.3 is 25.1 Å². The Kier molecular flexibility index (Phi) is 7.95. The van der Waals surface area contributed by atoms with E-state index >= 15 is 0 Å². The van der Waals surface area contributed by atoms with Crippen LogP contribution >= 0.6 is 0 Å². The smallest absolute Gasteiger partial charge is 0.247 e. The molecular weight excluding hydrogens is 500 g/mol. The van der Waals surface area contributed by atoms with E-state index in [1.807, 2.05) is 31.3 Å². The molecule has 2 aromatic carbocycles. The number of rotatable bonds is 8. The summed E-state index contributed by atoms with van der Waals surface area (Å²) in [5.41, 5.74) is 4.24. The maximum Gasteiger partial charge on any atom is 0.247 e. The zero-order valence-electron chi connectivity index (χ0n) is 23.1. The van der Waals surface area contributed by atoms with E-state index in [4.69, 9.17) is 4.42 Å². The van der Waals surface area contributed by atoms with Crippen LogP contribution < -0.4 is 15.5 Å². The summed E-state index contributed by atoms with van der Waals surface area (Å²) >= 11 is 0. The second-order valence-corrected chi connectivity index (χ2v) is 11.1. The Morgan fingerprint density at radius 1 is 0.925 bits per heavy atom. The molecule has 2 aliphatic rings. The van der Waals surface area contributed by atoms with Crippen LogP contribution in [0.4, 0.5) is 11.5 Å². The predicted molar refractivity (Wildman–Crippen MR) is 158 cm³/mol. The molecule has 1 saturated heterocycles. The van der Waals surface area contributed by atoms with Gasteiger partial charge in [-0.3, -0.25) is 0 Å². The lowest BCUT2D eigenvalue weighted by Gasteiger charge is -2.40. The molecule has 3 N–H and O–H groups in total. The largest absolute Gasteiger partial charge is 0.508 e. The highest BCUT2D eigenvalue weighted by Gasteiger charge is 2.29. The van der Waals surface area contributed by atoms with E-state index in [0.29, 0.717) is 29.8 Å². The number of phenolic OH excluding ortho intramolecular Hbond substituents is 1. The van der Waals surface area contributed by atoms with Crippen LogP contribution in [0, 0.1) is 12.8 Å². The van der Waals surface area contributed by atoms with Gasteiger partial charge in [0.2, 0.25) is 11.8 Å². The normalized spacial score (nSPS) is 21.3. The number of aryl methyl sites for hydroxylation is 1. The molecule has 4 aromatic rings. The molecule has 208 valence electrons. The molecule has 3 unspecified atom stereocenters. The van der Waals surface area contributed by atoms with Crippen LogP contribution in [0.3, 0.4) is 0 Å². The second-order valence-electron chi connectivity index (χ2n) is 11.1. The Hall–Kier alpha value is -3.91. The third-order valence-electron chi connectivity index (χ3n) is 8.27. The Bertz CT molecular complexity index is 1400. The predicted octanol–water partition coefficient (Wildman–Crippen LogP) is 6.04. The molecule has 0 radical (unpaired) electrons. The first-order valence-electron chi connectivity index (χ1n) is 14.5. The molecule has 2 fully saturated rings. The zero-order valence-corrected chi connectivity index (χ0v) is 23.1. The number of nitrogens with one attached hydrogen (secondary N) is 2. The fourth-order valence-corrected chi connectivity index (χ4v) is 6.18. The number of aromatic hydroxyl groups is 1. The molecule has 40 heavy (non-hydrogen) atoms. The van der Waals surface area contributed by atoms with Crippen LogP contribution in [-0.2, 0) is 0 Å². The van der Waals surface area contributed by atoms with Crippen molar-refractivity contribution in [3.63, 3.8) is 0 Å². The molecule has 0 amide bonds. The van der Waals surface area contributed by atoms with Crippen molar-refractivity contribution in [3.8, 4) is 28.3 Å². The van der Waals surface area contributed by atoms with Gasteiger partial charge in [0.25, 0.3) is 0 Å². The van der Waals surface area contributed by atoms with Gasteiger partial charge in [0.15, 0.2) is 0 Å². The monoisotopic (exact) mass is 538 g/mol. The van der Waals surface area contributed by atoms with Crippen LogP contribution in [0.1, 0.15) is 44.4 Å². The number of piperidine rings is 1. The Morgan fingerprint density at radius 2 is 1.77 bits per heavy atom. The maximum atomic E-state index is 9.87. The number of nitrogens with zero attached hydrogens (tertiary/aromatic N) is 4. The maximum absolute atomic E-state index is 9.87. The van der Waals surface area contributed by atoms with Crippen molar-refractivity contribution in [1.82, 2.24) is 20.5 Å². The highest BCUT2D eigenvalue weighted by molar-refractivity contribution is 5.67. The number of aromatic nitrogens is 3. The lowest BCUT2D eigenvalue weighted by molar-refractivity contribution is 0.241. The summed E-state index contributed by atoms with van der Waals surface area (Å²) in [6.45, 7) is 4.81. The van der Waals surface area contributed by atoms with Gasteiger partial charge in [-0.1, -0.05) is 25.0 Å². The van der Waals surface area contributed by atoms with Gasteiger partial charge in [-0.2, -0.15) is 0 Å². The summed E-state index contributed by atoms with van der Waals surface area (Å²) in [5, 5.41) is 25.6. The fraction of sp³-hybridized carbons (Fsp3) is 0.406. The second kappa shape index (κ2) is 12.1. The summed E-state index contributed by atoms with van der Waals surface area (Å²) in [7, 11) is 0. The molecule has 8 nitrogen and oxygen atoms in total. The van der Waals surface area contributed by atoms with Crippen molar-refractivity contribution < 1.29 is 9.52 Å². The molecule has 1 aliphatic carbocycles. The molecule has 8 heteroatoms. The Labute approximate surface area is 235 Å². The number of benzene rings is 2. The third kappa shape index (κ3) is 6.28. The highest BCUT2D eigenvalue weighted by Crippen LogP contribution is 2.29. The topological polar surface area (TPSA) is 99.3 Å². The van der Waals surface area contributed by atoms with Crippen molar-refractivity contribution in [2.24, 2.45) is 5.92 Å². The number of pyridine rings is 1. The van der Waals surface area contributed by atoms with E-state index in [0.717, 1.165) is 42.1 Å². The number of anilines is 2. The number of phenols is 1. The number of hydrogen-bond acceptors (Lipinski definition) is 8. The summed E-state index contributed by atoms with van der Waals surface area (Å²) in [5.74, 6) is 2.87. The minimum Gasteiger partial charge on any atom is -0.508 e. The van der Waals surface area contributed by atoms with Crippen LogP contribution in [-0.4, -0.2) is 52.0 Å². The van der Waals surface area contributed by atoms with E-state index in [9.17, 15) is 5.11 Å². The van der Waals surface area contributed by atoms with Gasteiger partial charge in [0, 0.05) is 56.1 Å². The lowest BCUT2D eigenvalue weighted by atomic mass is 9.83. The first-order chi connectivity index (χ1) is 19.6. The first kappa shape index (κ1) is 26.3. The average molecular weight is 539 g/mol. The summed E-state index contributed by atoms with van der Waals surface area (Å²) in [6.07, 6.45) is 9.24. The molecule has 0 bridgehead atoms. The molecular formula is C32H38N6O2. The van der Waals surface area contributed by atoms with Crippen molar-refractivity contribution in [2.75, 3.05) is 29.9 Å². The molecule has 1 saturated carbocycles. The zero-order chi connectivity index (χ0) is 27.3. The van der Waals surface area contributed by atoms with Gasteiger partial charge in [-0.05, 0) is 91.3 Å². The van der Waals surface area contributed by atoms with Crippen molar-refractivity contribution in [3.05, 3.63) is 72.8 Å². The molecule has 6 rings (SSSR count). The van der Waals surface area contributed by atoms with Gasteiger partial charge in [0.1, 0.15) is 11.6 Å². The van der Waals surface area contributed by atoms with Gasteiger partial charge in [-0.25, -0.2) is 4.98 Å². The van der Waals surface area contributed by atoms with Crippen molar-refractivity contribution in [2.45, 2.75) is 57.5 Å². The van der Waals surface area contributed by atoms with Crippen molar-refractivity contribution in [1.29, 1.82) is 0 Å². The van der Waals surface area contributed by atoms with Gasteiger partial charge in [0.05, 0.1) is 0 Å². The summed E-state index contributed by atoms with van der Waals surface area (Å²) in [4.78, 5) is 7.07. The minimum absolute atomic E-state index is 0.275. The lowest BCUT2D eigenvalue weighted by Crippen LogP contribution is -2.52. The molecule has 0 spiro atoms. The molecule has 1 aliphatic heterocycles. The minimum atomic E-state index is 0.275. The van der Waals surface area contributed by atoms with Gasteiger partial charge in [-0.15, -0.1) is 10.2 Å². The highest BCUT2D eigenvalue weighted by atomic mass is 16.4. The Morgan fingerprint density at radius 3 is 2.60 bits per heavy atom. The average Bonchev–Trinajstić information content (AvgIpc) is 3.43. The van der Waals surface area contributed by atoms with Crippen LogP contribution in [0.15, 0.2) is 71.3 Å². The Balaban J connectivity index is 1.06. The van der Waals surface area contributed by atoms with E-state index in [-0.39, 0.29) is 5.75 Å². The summed E-state index contributed by atoms with van der Waals surface area (Å²) < 4.78 is 5.58. The standard InChI is InChI=1S/C32H38N6O2/c1-22-36-37-32(40-22)23-11-13-28(14-12-23)38-17-5-8-27(21-38)35-30-10-3-2-6-26(30)20-34-31-19-25(15-16-33-31)24-7-4-9-29(39)18-24/h4,7,9,11-16,18-19,26-27,30,35,39H,2-3,5-6,8,10,17,20-21H2,1H3,(H,33,34). The first-order valence-corrected chi connectivity index (χ1v) is 14.5. The van der Waals surface area contributed by atoms with E-state index in [1.165, 1.54) is 44.2 Å². The molecule has 3 heterocycles. The molecule has 3 atom stereocenters.